The standard InChI is InChI=1S/C25H35FN4O5S/c1-18(2)15-27-25(32)19(3)29(16-20-11-13-21(35-6)14-12-20)24(31)17-30(36(33,34)28(4)5)23-10-8-7-9-22(23)26/h7-14,18-19H,15-17H2,1-6H3,(H,27,32). The number of halogens is 1. The Morgan fingerprint density at radius 2 is 1.64 bits per heavy atom. The fourth-order valence-corrected chi connectivity index (χ4v) is 4.38. The van der Waals surface area contributed by atoms with Crippen LogP contribution in [0.3, 0.4) is 0 Å². The molecule has 0 bridgehead atoms. The van der Waals surface area contributed by atoms with Gasteiger partial charge in [-0.25, -0.2) is 8.70 Å². The maximum absolute atomic E-state index is 14.6. The van der Waals surface area contributed by atoms with Gasteiger partial charge in [0.05, 0.1) is 12.8 Å². The minimum Gasteiger partial charge on any atom is -0.497 e. The Kier molecular flexibility index (Phi) is 10.2. The van der Waals surface area contributed by atoms with Crippen molar-refractivity contribution in [1.29, 1.82) is 0 Å². The number of carbonyl (C=O) groups excluding carboxylic acids is 2. The number of anilines is 1. The molecule has 0 aliphatic carbocycles. The van der Waals surface area contributed by atoms with Gasteiger partial charge in [-0.2, -0.15) is 12.7 Å². The van der Waals surface area contributed by atoms with E-state index in [1.54, 1.807) is 31.2 Å². The highest BCUT2D eigenvalue weighted by Crippen LogP contribution is 2.24. The molecule has 36 heavy (non-hydrogen) atoms. The van der Waals surface area contributed by atoms with Gasteiger partial charge in [-0.1, -0.05) is 38.1 Å². The maximum atomic E-state index is 14.6. The number of methoxy groups -OCH3 is 1. The molecule has 0 heterocycles. The molecule has 0 aromatic heterocycles. The zero-order valence-electron chi connectivity index (χ0n) is 21.6. The van der Waals surface area contributed by atoms with Crippen LogP contribution in [0.25, 0.3) is 0 Å². The highest BCUT2D eigenvalue weighted by molar-refractivity contribution is 7.90. The Bertz CT molecular complexity index is 1140. The molecule has 0 aliphatic rings. The van der Waals surface area contributed by atoms with E-state index in [0.717, 1.165) is 10.4 Å². The van der Waals surface area contributed by atoms with Crippen molar-refractivity contribution >= 4 is 27.7 Å². The van der Waals surface area contributed by atoms with Gasteiger partial charge in [0.25, 0.3) is 0 Å². The number of benzene rings is 2. The number of nitrogens with zero attached hydrogens (tertiary/aromatic N) is 3. The molecular weight excluding hydrogens is 487 g/mol. The van der Waals surface area contributed by atoms with Gasteiger partial charge in [-0.05, 0) is 42.7 Å². The Labute approximate surface area is 213 Å². The van der Waals surface area contributed by atoms with E-state index in [9.17, 15) is 22.4 Å². The SMILES string of the molecule is COc1ccc(CN(C(=O)CN(c2ccccc2F)S(=O)(=O)N(C)C)C(C)C(=O)NCC(C)C)cc1. The first-order valence-electron chi connectivity index (χ1n) is 11.5. The van der Waals surface area contributed by atoms with E-state index in [0.29, 0.717) is 22.2 Å². The van der Waals surface area contributed by atoms with Gasteiger partial charge in [-0.15, -0.1) is 0 Å². The highest BCUT2D eigenvalue weighted by atomic mass is 32.2. The quantitative estimate of drug-likeness (QED) is 0.462. The number of para-hydroxylation sites is 1. The van der Waals surface area contributed by atoms with Crippen molar-refractivity contribution in [3.05, 3.63) is 59.9 Å². The van der Waals surface area contributed by atoms with E-state index in [4.69, 9.17) is 4.74 Å². The van der Waals surface area contributed by atoms with Crippen molar-refractivity contribution in [2.45, 2.75) is 33.4 Å². The second-order valence-corrected chi connectivity index (χ2v) is 11.0. The second-order valence-electron chi connectivity index (χ2n) is 8.93. The molecule has 1 N–H and O–H groups in total. The predicted molar refractivity (Wildman–Crippen MR) is 137 cm³/mol. The lowest BCUT2D eigenvalue weighted by atomic mass is 10.1. The topological polar surface area (TPSA) is 99.3 Å². The van der Waals surface area contributed by atoms with Gasteiger partial charge >= 0.3 is 10.2 Å². The molecule has 198 valence electrons. The Morgan fingerprint density at radius 3 is 2.17 bits per heavy atom. The molecule has 0 radical (unpaired) electrons. The van der Waals surface area contributed by atoms with E-state index >= 15 is 0 Å². The van der Waals surface area contributed by atoms with Crippen molar-refractivity contribution < 1.29 is 27.1 Å². The van der Waals surface area contributed by atoms with Crippen LogP contribution in [0.2, 0.25) is 0 Å². The molecule has 2 amide bonds. The number of ether oxygens (including phenoxy) is 1. The minimum absolute atomic E-state index is 0.0339. The van der Waals surface area contributed by atoms with Crippen molar-refractivity contribution in [2.75, 3.05) is 38.6 Å². The summed E-state index contributed by atoms with van der Waals surface area (Å²) in [4.78, 5) is 27.8. The van der Waals surface area contributed by atoms with Crippen LogP contribution >= 0.6 is 0 Å². The lowest BCUT2D eigenvalue weighted by molar-refractivity contribution is -0.139. The molecule has 0 aliphatic heterocycles. The maximum Gasteiger partial charge on any atom is 0.304 e. The summed E-state index contributed by atoms with van der Waals surface area (Å²) < 4.78 is 47.6. The molecule has 0 saturated heterocycles. The van der Waals surface area contributed by atoms with E-state index in [1.807, 2.05) is 13.8 Å². The van der Waals surface area contributed by atoms with Crippen molar-refractivity contribution in [3.63, 3.8) is 0 Å². The molecule has 1 unspecified atom stereocenters. The first-order chi connectivity index (χ1) is 16.9. The molecule has 2 aromatic carbocycles. The predicted octanol–water partition coefficient (Wildman–Crippen LogP) is 2.64. The van der Waals surface area contributed by atoms with E-state index in [-0.39, 0.29) is 24.1 Å². The monoisotopic (exact) mass is 522 g/mol. The zero-order valence-corrected chi connectivity index (χ0v) is 22.4. The fourth-order valence-electron chi connectivity index (χ4n) is 3.32. The molecular formula is C25H35FN4O5S. The van der Waals surface area contributed by atoms with Gasteiger partial charge < -0.3 is 15.0 Å². The number of rotatable bonds is 12. The molecule has 0 fully saturated rings. The molecule has 11 heteroatoms. The first-order valence-corrected chi connectivity index (χ1v) is 12.9. The first kappa shape index (κ1) is 29.1. The van der Waals surface area contributed by atoms with Crippen molar-refractivity contribution in [1.82, 2.24) is 14.5 Å². The Hall–Kier alpha value is -3.18. The summed E-state index contributed by atoms with van der Waals surface area (Å²) >= 11 is 0. The Balaban J connectivity index is 2.44. The minimum atomic E-state index is -4.23. The van der Waals surface area contributed by atoms with Crippen LogP contribution in [-0.2, 0) is 26.3 Å². The lowest BCUT2D eigenvalue weighted by Crippen LogP contribution is -2.52. The lowest BCUT2D eigenvalue weighted by Gasteiger charge is -2.33. The highest BCUT2D eigenvalue weighted by Gasteiger charge is 2.33. The third-order valence-electron chi connectivity index (χ3n) is 5.50. The summed E-state index contributed by atoms with van der Waals surface area (Å²) in [5, 5.41) is 2.81. The van der Waals surface area contributed by atoms with Crippen LogP contribution in [0.1, 0.15) is 26.3 Å². The Morgan fingerprint density at radius 1 is 1.03 bits per heavy atom. The second kappa shape index (κ2) is 12.7. The van der Waals surface area contributed by atoms with E-state index in [2.05, 4.69) is 5.32 Å². The number of amides is 2. The molecule has 0 spiro atoms. The van der Waals surface area contributed by atoms with Crippen molar-refractivity contribution in [3.8, 4) is 5.75 Å². The van der Waals surface area contributed by atoms with Gasteiger partial charge in [0.15, 0.2) is 0 Å². The number of hydrogen-bond acceptors (Lipinski definition) is 5. The summed E-state index contributed by atoms with van der Waals surface area (Å²) in [5.74, 6) is -0.999. The normalized spacial score (nSPS) is 12.4. The van der Waals surface area contributed by atoms with Gasteiger partial charge in [0.2, 0.25) is 11.8 Å². The largest absolute Gasteiger partial charge is 0.497 e. The molecule has 2 aromatic rings. The third-order valence-corrected chi connectivity index (χ3v) is 7.31. The molecule has 2 rings (SSSR count). The van der Waals surface area contributed by atoms with Gasteiger partial charge in [0.1, 0.15) is 24.2 Å². The number of carbonyl (C=O) groups is 2. The number of hydrogen-bond donors (Lipinski definition) is 1. The van der Waals surface area contributed by atoms with Crippen LogP contribution in [0.5, 0.6) is 5.75 Å². The smallest absolute Gasteiger partial charge is 0.304 e. The van der Waals surface area contributed by atoms with Gasteiger partial charge in [0, 0.05) is 27.2 Å². The fraction of sp³-hybridized carbons (Fsp3) is 0.440. The molecule has 0 saturated carbocycles. The van der Waals surface area contributed by atoms with Crippen LogP contribution < -0.4 is 14.4 Å². The summed E-state index contributed by atoms with van der Waals surface area (Å²) in [6, 6.07) is 11.4. The van der Waals surface area contributed by atoms with Crippen LogP contribution in [0, 0.1) is 11.7 Å². The summed E-state index contributed by atoms with van der Waals surface area (Å²) in [6.45, 7) is 5.23. The third kappa shape index (κ3) is 7.41. The van der Waals surface area contributed by atoms with Crippen molar-refractivity contribution in [2.24, 2.45) is 5.92 Å². The molecule has 9 nitrogen and oxygen atoms in total. The summed E-state index contributed by atoms with van der Waals surface area (Å²) in [5.41, 5.74) is 0.446. The average Bonchev–Trinajstić information content (AvgIpc) is 2.84. The van der Waals surface area contributed by atoms with Crippen LogP contribution in [0.4, 0.5) is 10.1 Å². The van der Waals surface area contributed by atoms with E-state index in [1.165, 1.54) is 44.3 Å². The van der Waals surface area contributed by atoms with E-state index < -0.39 is 34.5 Å². The molecule has 1 atom stereocenters. The van der Waals surface area contributed by atoms with Crippen LogP contribution in [0.15, 0.2) is 48.5 Å². The zero-order chi connectivity index (χ0) is 27.0. The summed E-state index contributed by atoms with van der Waals surface area (Å²) in [7, 11) is -0.101. The summed E-state index contributed by atoms with van der Waals surface area (Å²) in [6.07, 6.45) is 0. The van der Waals surface area contributed by atoms with Gasteiger partial charge in [-0.3, -0.25) is 9.59 Å². The average molecular weight is 523 g/mol. The van der Waals surface area contributed by atoms with Crippen LogP contribution in [-0.4, -0.2) is 69.8 Å². The number of nitrogens with one attached hydrogen (secondary N) is 1.